The molecule has 0 saturated heterocycles. The summed E-state index contributed by atoms with van der Waals surface area (Å²) in [6.07, 6.45) is 3.70. The number of nitriles is 1. The van der Waals surface area contributed by atoms with Gasteiger partial charge in [-0.05, 0) is 43.7 Å². The zero-order chi connectivity index (χ0) is 15.5. The first-order valence-corrected chi connectivity index (χ1v) is 6.92. The molecular formula is C17H15N5. The van der Waals surface area contributed by atoms with Crippen molar-refractivity contribution in [3.8, 4) is 17.3 Å². The molecule has 0 aliphatic heterocycles. The molecule has 0 aliphatic carbocycles. The number of rotatable bonds is 3. The van der Waals surface area contributed by atoms with Gasteiger partial charge in [0.1, 0.15) is 0 Å². The van der Waals surface area contributed by atoms with E-state index in [1.807, 2.05) is 38.2 Å². The normalized spacial score (nSPS) is 10.2. The summed E-state index contributed by atoms with van der Waals surface area (Å²) in [4.78, 5) is 12.0. The minimum atomic E-state index is 0.507. The van der Waals surface area contributed by atoms with Gasteiger partial charge in [0.2, 0.25) is 5.95 Å². The number of anilines is 2. The number of benzene rings is 1. The van der Waals surface area contributed by atoms with Crippen LogP contribution < -0.4 is 5.32 Å². The van der Waals surface area contributed by atoms with E-state index in [9.17, 15) is 0 Å². The Morgan fingerprint density at radius 3 is 2.82 bits per heavy atom. The summed E-state index contributed by atoms with van der Waals surface area (Å²) in [5.74, 6) is 0.507. The number of aromatic nitrogens is 3. The van der Waals surface area contributed by atoms with Crippen molar-refractivity contribution in [3.63, 3.8) is 0 Å². The average molecular weight is 289 g/mol. The van der Waals surface area contributed by atoms with Crippen molar-refractivity contribution in [1.29, 1.82) is 5.26 Å². The third-order valence-corrected chi connectivity index (χ3v) is 3.43. The smallest absolute Gasteiger partial charge is 0.227 e. The van der Waals surface area contributed by atoms with Crippen LogP contribution in [0.5, 0.6) is 0 Å². The van der Waals surface area contributed by atoms with Crippen molar-refractivity contribution < 1.29 is 0 Å². The summed E-state index contributed by atoms with van der Waals surface area (Å²) < 4.78 is 0. The van der Waals surface area contributed by atoms with E-state index in [-0.39, 0.29) is 0 Å². The van der Waals surface area contributed by atoms with Gasteiger partial charge in [0.25, 0.3) is 0 Å². The molecule has 0 unspecified atom stereocenters. The van der Waals surface area contributed by atoms with Crippen LogP contribution >= 0.6 is 0 Å². The number of hydrogen-bond acceptors (Lipinski definition) is 4. The molecule has 0 bridgehead atoms. The van der Waals surface area contributed by atoms with Crippen LogP contribution in [0.25, 0.3) is 11.3 Å². The zero-order valence-corrected chi connectivity index (χ0v) is 12.4. The number of H-pyrrole nitrogens is 1. The van der Waals surface area contributed by atoms with Crippen LogP contribution in [0, 0.1) is 25.2 Å². The first-order chi connectivity index (χ1) is 10.7. The highest BCUT2D eigenvalue weighted by Crippen LogP contribution is 2.26. The van der Waals surface area contributed by atoms with Gasteiger partial charge in [0.05, 0.1) is 17.3 Å². The highest BCUT2D eigenvalue weighted by molar-refractivity contribution is 5.67. The Balaban J connectivity index is 1.93. The van der Waals surface area contributed by atoms with Crippen LogP contribution in [-0.2, 0) is 0 Å². The van der Waals surface area contributed by atoms with Gasteiger partial charge in [-0.15, -0.1) is 0 Å². The minimum absolute atomic E-state index is 0.507. The number of aromatic amines is 1. The number of nitrogens with one attached hydrogen (secondary N) is 2. The molecule has 2 aromatic heterocycles. The van der Waals surface area contributed by atoms with Gasteiger partial charge in [0.15, 0.2) is 0 Å². The summed E-state index contributed by atoms with van der Waals surface area (Å²) in [5.41, 5.74) is 5.57. The van der Waals surface area contributed by atoms with E-state index in [4.69, 9.17) is 5.26 Å². The predicted molar refractivity (Wildman–Crippen MR) is 85.7 cm³/mol. The second-order valence-electron chi connectivity index (χ2n) is 5.05. The van der Waals surface area contributed by atoms with Gasteiger partial charge in [-0.3, -0.25) is 0 Å². The molecular weight excluding hydrogens is 274 g/mol. The van der Waals surface area contributed by atoms with Crippen LogP contribution in [0.3, 0.4) is 0 Å². The molecule has 22 heavy (non-hydrogen) atoms. The van der Waals surface area contributed by atoms with Crippen LogP contribution in [0.4, 0.5) is 11.6 Å². The maximum absolute atomic E-state index is 8.95. The molecule has 0 fully saturated rings. The van der Waals surface area contributed by atoms with Crippen LogP contribution in [0.15, 0.2) is 42.7 Å². The Kier molecular flexibility index (Phi) is 3.58. The first kappa shape index (κ1) is 13.8. The van der Waals surface area contributed by atoms with Crippen molar-refractivity contribution in [2.45, 2.75) is 13.8 Å². The highest BCUT2D eigenvalue weighted by Gasteiger charge is 2.10. The van der Waals surface area contributed by atoms with E-state index in [1.54, 1.807) is 18.3 Å². The topological polar surface area (TPSA) is 77.4 Å². The first-order valence-electron chi connectivity index (χ1n) is 6.92. The highest BCUT2D eigenvalue weighted by atomic mass is 15.1. The van der Waals surface area contributed by atoms with Crippen molar-refractivity contribution in [2.24, 2.45) is 0 Å². The Bertz CT molecular complexity index is 838. The lowest BCUT2D eigenvalue weighted by molar-refractivity contribution is 1.16. The van der Waals surface area contributed by atoms with E-state index < -0.39 is 0 Å². The molecule has 5 heteroatoms. The van der Waals surface area contributed by atoms with E-state index in [0.717, 1.165) is 28.2 Å². The fraction of sp³-hybridized carbons (Fsp3) is 0.118. The molecule has 0 saturated carbocycles. The maximum atomic E-state index is 8.95. The van der Waals surface area contributed by atoms with Gasteiger partial charge in [-0.1, -0.05) is 6.07 Å². The van der Waals surface area contributed by atoms with Gasteiger partial charge < -0.3 is 10.3 Å². The van der Waals surface area contributed by atoms with Crippen LogP contribution in [0.2, 0.25) is 0 Å². The monoisotopic (exact) mass is 289 g/mol. The molecule has 0 spiro atoms. The number of hydrogen-bond donors (Lipinski definition) is 2. The minimum Gasteiger partial charge on any atom is -0.364 e. The molecule has 2 heterocycles. The van der Waals surface area contributed by atoms with E-state index in [1.165, 1.54) is 0 Å². The molecule has 5 nitrogen and oxygen atoms in total. The second kappa shape index (κ2) is 5.70. The summed E-state index contributed by atoms with van der Waals surface area (Å²) in [7, 11) is 0. The number of aryl methyl sites for hydroxylation is 2. The molecule has 0 radical (unpaired) electrons. The Hall–Kier alpha value is -3.13. The Morgan fingerprint density at radius 2 is 2.09 bits per heavy atom. The van der Waals surface area contributed by atoms with Gasteiger partial charge in [-0.25, -0.2) is 9.97 Å². The molecule has 2 N–H and O–H groups in total. The lowest BCUT2D eigenvalue weighted by atomic mass is 10.1. The van der Waals surface area contributed by atoms with Gasteiger partial charge in [-0.2, -0.15) is 5.26 Å². The van der Waals surface area contributed by atoms with Crippen molar-refractivity contribution >= 4 is 11.6 Å². The maximum Gasteiger partial charge on any atom is 0.227 e. The molecule has 0 aliphatic rings. The van der Waals surface area contributed by atoms with Crippen molar-refractivity contribution in [3.05, 3.63) is 59.5 Å². The quantitative estimate of drug-likeness (QED) is 0.770. The third-order valence-electron chi connectivity index (χ3n) is 3.43. The van der Waals surface area contributed by atoms with Crippen LogP contribution in [0.1, 0.15) is 16.8 Å². The molecule has 1 aromatic carbocycles. The Morgan fingerprint density at radius 1 is 1.23 bits per heavy atom. The van der Waals surface area contributed by atoms with Crippen molar-refractivity contribution in [1.82, 2.24) is 15.0 Å². The summed E-state index contributed by atoms with van der Waals surface area (Å²) >= 11 is 0. The SMILES string of the molecule is Cc1c[nH]c(C)c1-c1ccnc(Nc2cccc(C#N)c2)n1. The Labute approximate surface area is 128 Å². The lowest BCUT2D eigenvalue weighted by Gasteiger charge is -2.07. The van der Waals surface area contributed by atoms with Crippen LogP contribution in [-0.4, -0.2) is 15.0 Å². The standard InChI is InChI=1S/C17H15N5/c1-11-10-20-12(2)16(11)15-6-7-19-17(22-15)21-14-5-3-4-13(8-14)9-18/h3-8,10,20H,1-2H3,(H,19,21,22). The van der Waals surface area contributed by atoms with Gasteiger partial charge in [0, 0.05) is 29.3 Å². The predicted octanol–water partition coefficient (Wildman–Crippen LogP) is 3.70. The molecule has 0 atom stereocenters. The lowest BCUT2D eigenvalue weighted by Crippen LogP contribution is -1.98. The fourth-order valence-electron chi connectivity index (χ4n) is 2.40. The van der Waals surface area contributed by atoms with E-state index in [2.05, 4.69) is 26.3 Å². The third kappa shape index (κ3) is 2.67. The number of nitrogens with zero attached hydrogens (tertiary/aromatic N) is 3. The van der Waals surface area contributed by atoms with E-state index in [0.29, 0.717) is 11.5 Å². The average Bonchev–Trinajstić information content (AvgIpc) is 2.87. The molecule has 108 valence electrons. The zero-order valence-electron chi connectivity index (χ0n) is 12.4. The van der Waals surface area contributed by atoms with Crippen molar-refractivity contribution in [2.75, 3.05) is 5.32 Å². The molecule has 3 aromatic rings. The van der Waals surface area contributed by atoms with E-state index >= 15 is 0 Å². The second-order valence-corrected chi connectivity index (χ2v) is 5.05. The summed E-state index contributed by atoms with van der Waals surface area (Å²) in [6, 6.07) is 11.2. The van der Waals surface area contributed by atoms with Gasteiger partial charge >= 0.3 is 0 Å². The summed E-state index contributed by atoms with van der Waals surface area (Å²) in [5, 5.41) is 12.1. The largest absolute Gasteiger partial charge is 0.364 e. The molecule has 0 amide bonds. The fourth-order valence-corrected chi connectivity index (χ4v) is 2.40. The molecule has 3 rings (SSSR count). The summed E-state index contributed by atoms with van der Waals surface area (Å²) in [6.45, 7) is 4.07.